The predicted octanol–water partition coefficient (Wildman–Crippen LogP) is 13.3. The molecule has 3 nitrogen and oxygen atoms in total. The molecule has 0 saturated heterocycles. The molecule has 0 N–H and O–H groups in total. The highest BCUT2D eigenvalue weighted by Gasteiger charge is 2.47. The second-order valence-corrected chi connectivity index (χ2v) is 15.9. The normalized spacial score (nSPS) is 13.3. The van der Waals surface area contributed by atoms with Crippen molar-refractivity contribution in [2.45, 2.75) is 5.41 Å². The number of aromatic nitrogens is 2. The second-order valence-electron chi connectivity index (χ2n) is 15.9. The molecule has 12 aromatic rings. The molecule has 0 aliphatic heterocycles. The van der Waals surface area contributed by atoms with Gasteiger partial charge in [0.15, 0.2) is 0 Å². The van der Waals surface area contributed by atoms with E-state index in [4.69, 9.17) is 0 Å². The highest BCUT2D eigenvalue weighted by Crippen LogP contribution is 2.59. The van der Waals surface area contributed by atoms with Crippen LogP contribution in [0.3, 0.4) is 0 Å². The molecule has 3 heterocycles. The highest BCUT2D eigenvalue weighted by atomic mass is 16.1. The monoisotopic (exact) mass is 750 g/mol. The molecule has 1 aliphatic carbocycles. The van der Waals surface area contributed by atoms with Crippen molar-refractivity contribution in [3.8, 4) is 27.9 Å². The molecule has 0 spiro atoms. The van der Waals surface area contributed by atoms with Crippen molar-refractivity contribution in [2.75, 3.05) is 0 Å². The van der Waals surface area contributed by atoms with Crippen molar-refractivity contribution in [2.24, 2.45) is 0 Å². The Labute approximate surface area is 339 Å². The minimum Gasteiger partial charge on any atom is -0.309 e. The van der Waals surface area contributed by atoms with Gasteiger partial charge in [0.2, 0.25) is 0 Å². The fraction of sp³-hybridized carbons (Fsp3) is 0.0179. The number of pyridine rings is 1. The Morgan fingerprint density at radius 3 is 1.66 bits per heavy atom. The predicted molar refractivity (Wildman–Crippen MR) is 244 cm³/mol. The van der Waals surface area contributed by atoms with Crippen molar-refractivity contribution in [1.82, 2.24) is 8.97 Å². The third-order valence-corrected chi connectivity index (χ3v) is 13.1. The number of nitrogens with zero attached hydrogens (tertiary/aromatic N) is 2. The Kier molecular flexibility index (Phi) is 6.52. The molecule has 0 unspecified atom stereocenters. The van der Waals surface area contributed by atoms with Gasteiger partial charge in [0.1, 0.15) is 0 Å². The third-order valence-electron chi connectivity index (χ3n) is 13.1. The number of hydrogen-bond acceptors (Lipinski definition) is 1. The van der Waals surface area contributed by atoms with Crippen LogP contribution >= 0.6 is 0 Å². The fourth-order valence-electron chi connectivity index (χ4n) is 10.9. The standard InChI is InChI=1S/C56H34N2O/c59-55-43-23-8-7-20-39(43)42-25-13-26-45-52-38(24-14-30-50(52)58(55)54(42)45)35-32-33-44-47(34-35)56(36-16-3-1-4-17-36,37-18-5-2-6-19-37)46-27-15-31-51(53(44)46)57-48-28-11-9-21-40(48)41-22-10-12-29-49(41)57/h1-34H. The van der Waals surface area contributed by atoms with Crippen LogP contribution in [0, 0.1) is 0 Å². The fourth-order valence-corrected chi connectivity index (χ4v) is 10.9. The summed E-state index contributed by atoms with van der Waals surface area (Å²) in [5.41, 5.74) is 14.5. The quantitative estimate of drug-likeness (QED) is 0.165. The summed E-state index contributed by atoms with van der Waals surface area (Å²) in [7, 11) is 0. The van der Waals surface area contributed by atoms with Crippen LogP contribution in [0.4, 0.5) is 0 Å². The Balaban J connectivity index is 1.16. The van der Waals surface area contributed by atoms with Crippen LogP contribution in [0.25, 0.3) is 87.7 Å². The lowest BCUT2D eigenvalue weighted by Crippen LogP contribution is -2.28. The highest BCUT2D eigenvalue weighted by molar-refractivity contribution is 6.23. The second kappa shape index (κ2) is 11.9. The molecule has 0 fully saturated rings. The zero-order valence-corrected chi connectivity index (χ0v) is 31.9. The molecular weight excluding hydrogens is 717 g/mol. The Hall–Kier alpha value is -7.75. The van der Waals surface area contributed by atoms with Crippen LogP contribution in [-0.2, 0) is 5.41 Å². The van der Waals surface area contributed by atoms with Gasteiger partial charge in [-0.3, -0.25) is 9.20 Å². The molecular formula is C56H34N2O. The summed E-state index contributed by atoms with van der Waals surface area (Å²) in [4.78, 5) is 14.3. The molecule has 0 bridgehead atoms. The first-order valence-corrected chi connectivity index (χ1v) is 20.3. The Bertz CT molecular complexity index is 3650. The van der Waals surface area contributed by atoms with Crippen LogP contribution < -0.4 is 5.56 Å². The molecule has 9 aromatic carbocycles. The smallest absolute Gasteiger partial charge is 0.263 e. The van der Waals surface area contributed by atoms with Crippen molar-refractivity contribution in [3.63, 3.8) is 0 Å². The van der Waals surface area contributed by atoms with Gasteiger partial charge < -0.3 is 4.57 Å². The van der Waals surface area contributed by atoms with E-state index in [0.717, 1.165) is 54.8 Å². The topological polar surface area (TPSA) is 26.4 Å². The SMILES string of the molecule is O=c1c2ccccc2c2cccc3c4c(-c5ccc6c(c5)C(c5ccccc5)(c5ccccc5)c5cccc(-n7c8ccccc8c8ccccc87)c5-6)cccc4n1c23. The first kappa shape index (κ1) is 32.3. The number of benzene rings is 9. The van der Waals surface area contributed by atoms with E-state index in [2.05, 4.69) is 193 Å². The third kappa shape index (κ3) is 4.13. The van der Waals surface area contributed by atoms with Crippen molar-refractivity contribution >= 4 is 59.8 Å². The van der Waals surface area contributed by atoms with Crippen LogP contribution in [0.1, 0.15) is 22.3 Å². The molecule has 13 rings (SSSR count). The van der Waals surface area contributed by atoms with Gasteiger partial charge in [0.05, 0.1) is 33.2 Å². The maximum absolute atomic E-state index is 14.3. The van der Waals surface area contributed by atoms with Gasteiger partial charge in [-0.15, -0.1) is 0 Å². The summed E-state index contributed by atoms with van der Waals surface area (Å²) >= 11 is 0. The number of hydrogen-bond donors (Lipinski definition) is 0. The van der Waals surface area contributed by atoms with Crippen molar-refractivity contribution in [3.05, 3.63) is 239 Å². The molecule has 3 heteroatoms. The van der Waals surface area contributed by atoms with Crippen LogP contribution in [0.2, 0.25) is 0 Å². The van der Waals surface area contributed by atoms with Gasteiger partial charge in [-0.1, -0.05) is 170 Å². The Morgan fingerprint density at radius 2 is 0.949 bits per heavy atom. The van der Waals surface area contributed by atoms with E-state index in [0.29, 0.717) is 0 Å². The lowest BCUT2D eigenvalue weighted by Gasteiger charge is -2.34. The average molecular weight is 751 g/mol. The summed E-state index contributed by atoms with van der Waals surface area (Å²) < 4.78 is 4.42. The van der Waals surface area contributed by atoms with E-state index in [9.17, 15) is 4.79 Å². The lowest BCUT2D eigenvalue weighted by atomic mass is 9.67. The zero-order chi connectivity index (χ0) is 38.8. The molecule has 3 aromatic heterocycles. The summed E-state index contributed by atoms with van der Waals surface area (Å²) in [5, 5.41) is 7.49. The van der Waals surface area contributed by atoms with Crippen LogP contribution in [0.5, 0.6) is 0 Å². The molecule has 0 atom stereocenters. The molecule has 0 amide bonds. The van der Waals surface area contributed by atoms with E-state index >= 15 is 0 Å². The number of rotatable bonds is 4. The molecule has 0 saturated carbocycles. The molecule has 274 valence electrons. The van der Waals surface area contributed by atoms with E-state index in [1.807, 2.05) is 22.6 Å². The zero-order valence-electron chi connectivity index (χ0n) is 31.9. The van der Waals surface area contributed by atoms with Gasteiger partial charge in [0, 0.05) is 37.9 Å². The van der Waals surface area contributed by atoms with Crippen LogP contribution in [0.15, 0.2) is 211 Å². The van der Waals surface area contributed by atoms with E-state index in [-0.39, 0.29) is 5.56 Å². The lowest BCUT2D eigenvalue weighted by molar-refractivity contribution is 0.768. The first-order chi connectivity index (χ1) is 29.2. The van der Waals surface area contributed by atoms with Crippen molar-refractivity contribution in [1.29, 1.82) is 0 Å². The number of fused-ring (bicyclic) bond motifs is 11. The summed E-state index contributed by atoms with van der Waals surface area (Å²) in [6.45, 7) is 0. The van der Waals surface area contributed by atoms with E-state index in [1.54, 1.807) is 0 Å². The minimum absolute atomic E-state index is 0.0191. The van der Waals surface area contributed by atoms with Gasteiger partial charge >= 0.3 is 0 Å². The maximum atomic E-state index is 14.3. The first-order valence-electron chi connectivity index (χ1n) is 20.3. The van der Waals surface area contributed by atoms with Crippen molar-refractivity contribution < 1.29 is 0 Å². The van der Waals surface area contributed by atoms with E-state index < -0.39 is 5.41 Å². The summed E-state index contributed by atoms with van der Waals surface area (Å²) in [5.74, 6) is 0. The van der Waals surface area contributed by atoms with Gasteiger partial charge in [-0.2, -0.15) is 0 Å². The molecule has 0 radical (unpaired) electrons. The number of para-hydroxylation sites is 3. The van der Waals surface area contributed by atoms with Gasteiger partial charge in [-0.25, -0.2) is 0 Å². The molecule has 1 aliphatic rings. The summed E-state index contributed by atoms with van der Waals surface area (Å²) in [6.07, 6.45) is 0. The Morgan fingerprint density at radius 1 is 0.390 bits per heavy atom. The largest absolute Gasteiger partial charge is 0.309 e. The minimum atomic E-state index is -0.618. The van der Waals surface area contributed by atoms with Gasteiger partial charge in [-0.05, 0) is 80.7 Å². The maximum Gasteiger partial charge on any atom is 0.263 e. The molecule has 59 heavy (non-hydrogen) atoms. The summed E-state index contributed by atoms with van der Waals surface area (Å²) in [6, 6.07) is 74.5. The van der Waals surface area contributed by atoms with E-state index in [1.165, 1.54) is 55.2 Å². The van der Waals surface area contributed by atoms with Crippen LogP contribution in [-0.4, -0.2) is 8.97 Å². The average Bonchev–Trinajstić information content (AvgIpc) is 3.94. The van der Waals surface area contributed by atoms with Gasteiger partial charge in [0.25, 0.3) is 5.56 Å².